The highest BCUT2D eigenvalue weighted by Crippen LogP contribution is 2.25. The maximum Gasteiger partial charge on any atom is 0.0465 e. The summed E-state index contributed by atoms with van der Waals surface area (Å²) in [5, 5.41) is 5.79. The van der Waals surface area contributed by atoms with Gasteiger partial charge in [0.05, 0.1) is 0 Å². The summed E-state index contributed by atoms with van der Waals surface area (Å²) in [7, 11) is 1.97. The Bertz CT molecular complexity index is 637. The molecule has 0 spiro atoms. The van der Waals surface area contributed by atoms with E-state index in [0.29, 0.717) is 0 Å². The Morgan fingerprint density at radius 2 is 1.81 bits per heavy atom. The molecule has 0 atom stereocenters. The largest absolute Gasteiger partial charge is 0.355 e. The maximum atomic E-state index is 3.43. The summed E-state index contributed by atoms with van der Waals surface area (Å²) in [5.74, 6) is 0. The van der Waals surface area contributed by atoms with Gasteiger partial charge in [0.15, 0.2) is 0 Å². The molecule has 16 heavy (non-hydrogen) atoms. The molecule has 0 aliphatic rings. The Hall–Kier alpha value is -1.80. The van der Waals surface area contributed by atoms with Gasteiger partial charge in [0.2, 0.25) is 0 Å². The van der Waals surface area contributed by atoms with Crippen molar-refractivity contribution in [3.63, 3.8) is 0 Å². The van der Waals surface area contributed by atoms with Gasteiger partial charge in [-0.1, -0.05) is 24.3 Å². The summed E-state index contributed by atoms with van der Waals surface area (Å²) in [6, 6.07) is 15.0. The number of aromatic nitrogens is 1. The zero-order valence-electron chi connectivity index (χ0n) is 9.25. The topological polar surface area (TPSA) is 27.8 Å². The van der Waals surface area contributed by atoms with Crippen molar-refractivity contribution < 1.29 is 0 Å². The van der Waals surface area contributed by atoms with E-state index in [1.54, 1.807) is 0 Å². The second kappa shape index (κ2) is 3.65. The number of nitrogens with one attached hydrogen (secondary N) is 2. The summed E-state index contributed by atoms with van der Waals surface area (Å²) in [5.41, 5.74) is 3.74. The van der Waals surface area contributed by atoms with Crippen LogP contribution in [0.15, 0.2) is 42.5 Å². The number of hydrogen-bond donors (Lipinski definition) is 2. The van der Waals surface area contributed by atoms with E-state index in [-0.39, 0.29) is 0 Å². The molecule has 3 rings (SSSR count). The molecule has 3 aromatic rings. The SMILES string of the molecule is CNCc1ccc2[nH]c3ccccc3c2c1. The monoisotopic (exact) mass is 210 g/mol. The highest BCUT2D eigenvalue weighted by atomic mass is 14.8. The minimum atomic E-state index is 0.912. The lowest BCUT2D eigenvalue weighted by Crippen LogP contribution is -2.04. The zero-order chi connectivity index (χ0) is 11.0. The molecule has 1 heterocycles. The van der Waals surface area contributed by atoms with Crippen molar-refractivity contribution in [3.05, 3.63) is 48.0 Å². The molecular formula is C14H14N2. The van der Waals surface area contributed by atoms with Gasteiger partial charge >= 0.3 is 0 Å². The van der Waals surface area contributed by atoms with E-state index in [0.717, 1.165) is 6.54 Å². The van der Waals surface area contributed by atoms with E-state index in [9.17, 15) is 0 Å². The van der Waals surface area contributed by atoms with Crippen LogP contribution in [0.25, 0.3) is 21.8 Å². The fraction of sp³-hybridized carbons (Fsp3) is 0.143. The van der Waals surface area contributed by atoms with Crippen molar-refractivity contribution in [3.8, 4) is 0 Å². The number of H-pyrrole nitrogens is 1. The molecule has 0 unspecified atom stereocenters. The Morgan fingerprint density at radius 3 is 2.69 bits per heavy atom. The van der Waals surface area contributed by atoms with Gasteiger partial charge in [-0.15, -0.1) is 0 Å². The number of para-hydroxylation sites is 1. The Kier molecular flexibility index (Phi) is 2.15. The summed E-state index contributed by atoms with van der Waals surface area (Å²) in [6.07, 6.45) is 0. The van der Waals surface area contributed by atoms with Crippen molar-refractivity contribution >= 4 is 21.8 Å². The fourth-order valence-corrected chi connectivity index (χ4v) is 2.21. The van der Waals surface area contributed by atoms with Gasteiger partial charge < -0.3 is 10.3 Å². The van der Waals surface area contributed by atoms with Crippen LogP contribution >= 0.6 is 0 Å². The van der Waals surface area contributed by atoms with E-state index in [2.05, 4.69) is 52.8 Å². The molecule has 0 saturated carbocycles. The van der Waals surface area contributed by atoms with Crippen LogP contribution in [0.2, 0.25) is 0 Å². The first-order valence-electron chi connectivity index (χ1n) is 5.52. The number of hydrogen-bond acceptors (Lipinski definition) is 1. The van der Waals surface area contributed by atoms with Gasteiger partial charge in [-0.2, -0.15) is 0 Å². The molecule has 2 N–H and O–H groups in total. The number of aromatic amines is 1. The first kappa shape index (κ1) is 9.43. The smallest absolute Gasteiger partial charge is 0.0465 e. The second-order valence-electron chi connectivity index (χ2n) is 4.08. The predicted octanol–water partition coefficient (Wildman–Crippen LogP) is 3.04. The summed E-state index contributed by atoms with van der Waals surface area (Å²) < 4.78 is 0. The van der Waals surface area contributed by atoms with E-state index in [1.807, 2.05) is 7.05 Å². The van der Waals surface area contributed by atoms with Crippen molar-refractivity contribution in [2.45, 2.75) is 6.54 Å². The van der Waals surface area contributed by atoms with E-state index in [1.165, 1.54) is 27.4 Å². The predicted molar refractivity (Wildman–Crippen MR) is 68.6 cm³/mol. The van der Waals surface area contributed by atoms with Gasteiger partial charge in [-0.05, 0) is 30.8 Å². The van der Waals surface area contributed by atoms with Crippen molar-refractivity contribution in [1.29, 1.82) is 0 Å². The summed E-state index contributed by atoms with van der Waals surface area (Å²) in [6.45, 7) is 0.912. The standard InChI is InChI=1S/C14H14N2/c1-15-9-10-6-7-14-12(8-10)11-4-2-3-5-13(11)16-14/h2-8,15-16H,9H2,1H3. The van der Waals surface area contributed by atoms with Crippen molar-refractivity contribution in [1.82, 2.24) is 10.3 Å². The molecule has 80 valence electrons. The minimum Gasteiger partial charge on any atom is -0.355 e. The molecule has 0 bridgehead atoms. The first-order valence-corrected chi connectivity index (χ1v) is 5.52. The average molecular weight is 210 g/mol. The van der Waals surface area contributed by atoms with Crippen LogP contribution in [-0.2, 0) is 6.54 Å². The summed E-state index contributed by atoms with van der Waals surface area (Å²) in [4.78, 5) is 3.43. The van der Waals surface area contributed by atoms with Crippen molar-refractivity contribution in [2.24, 2.45) is 0 Å². The molecule has 0 fully saturated rings. The van der Waals surface area contributed by atoms with Gasteiger partial charge in [-0.3, -0.25) is 0 Å². The molecule has 0 amide bonds. The molecule has 2 heteroatoms. The second-order valence-corrected chi connectivity index (χ2v) is 4.08. The lowest BCUT2D eigenvalue weighted by molar-refractivity contribution is 0.819. The van der Waals surface area contributed by atoms with Crippen LogP contribution in [0.3, 0.4) is 0 Å². The Balaban J connectivity index is 2.31. The third-order valence-electron chi connectivity index (χ3n) is 2.95. The highest BCUT2D eigenvalue weighted by Gasteiger charge is 2.03. The molecule has 0 aliphatic carbocycles. The van der Waals surface area contributed by atoms with Gasteiger partial charge in [0.25, 0.3) is 0 Å². The van der Waals surface area contributed by atoms with Crippen LogP contribution in [-0.4, -0.2) is 12.0 Å². The lowest BCUT2D eigenvalue weighted by atomic mass is 10.1. The highest BCUT2D eigenvalue weighted by molar-refractivity contribution is 6.07. The van der Waals surface area contributed by atoms with E-state index in [4.69, 9.17) is 0 Å². The number of rotatable bonds is 2. The van der Waals surface area contributed by atoms with Gasteiger partial charge in [0, 0.05) is 28.4 Å². The van der Waals surface area contributed by atoms with Crippen LogP contribution in [0.5, 0.6) is 0 Å². The molecular weight excluding hydrogens is 196 g/mol. The third-order valence-corrected chi connectivity index (χ3v) is 2.95. The molecule has 2 aromatic carbocycles. The quantitative estimate of drug-likeness (QED) is 0.668. The van der Waals surface area contributed by atoms with E-state index < -0.39 is 0 Å². The van der Waals surface area contributed by atoms with Crippen LogP contribution in [0.4, 0.5) is 0 Å². The third kappa shape index (κ3) is 1.39. The van der Waals surface area contributed by atoms with Gasteiger partial charge in [-0.25, -0.2) is 0 Å². The normalized spacial score (nSPS) is 11.3. The summed E-state index contributed by atoms with van der Waals surface area (Å²) >= 11 is 0. The zero-order valence-corrected chi connectivity index (χ0v) is 9.25. The molecule has 1 aromatic heterocycles. The lowest BCUT2D eigenvalue weighted by Gasteiger charge is -1.99. The number of fused-ring (bicyclic) bond motifs is 3. The van der Waals surface area contributed by atoms with E-state index >= 15 is 0 Å². The van der Waals surface area contributed by atoms with Crippen molar-refractivity contribution in [2.75, 3.05) is 7.05 Å². The minimum absolute atomic E-state index is 0.912. The van der Waals surface area contributed by atoms with Crippen LogP contribution in [0, 0.1) is 0 Å². The fourth-order valence-electron chi connectivity index (χ4n) is 2.21. The maximum absolute atomic E-state index is 3.43. The molecule has 0 saturated heterocycles. The van der Waals surface area contributed by atoms with Crippen LogP contribution in [0.1, 0.15) is 5.56 Å². The molecule has 0 radical (unpaired) electrons. The van der Waals surface area contributed by atoms with Crippen LogP contribution < -0.4 is 5.32 Å². The Morgan fingerprint density at radius 1 is 1.00 bits per heavy atom. The first-order chi connectivity index (χ1) is 7.88. The molecule has 2 nitrogen and oxygen atoms in total. The van der Waals surface area contributed by atoms with Gasteiger partial charge in [0.1, 0.15) is 0 Å². The Labute approximate surface area is 94.3 Å². The molecule has 0 aliphatic heterocycles. The number of benzene rings is 2. The average Bonchev–Trinajstić information content (AvgIpc) is 2.68.